The molecule has 0 N–H and O–H groups in total. The lowest BCUT2D eigenvalue weighted by Gasteiger charge is -2.10. The van der Waals surface area contributed by atoms with Gasteiger partial charge in [0.2, 0.25) is 0 Å². The van der Waals surface area contributed by atoms with Gasteiger partial charge in [-0.2, -0.15) is 0 Å². The van der Waals surface area contributed by atoms with Gasteiger partial charge in [-0.3, -0.25) is 9.59 Å². The Kier molecular flexibility index (Phi) is 12.7. The van der Waals surface area contributed by atoms with Crippen LogP contribution in [0.3, 0.4) is 0 Å². The van der Waals surface area contributed by atoms with Crippen molar-refractivity contribution in [1.82, 2.24) is 0 Å². The van der Waals surface area contributed by atoms with Gasteiger partial charge in [0.1, 0.15) is 0 Å². The van der Waals surface area contributed by atoms with E-state index >= 15 is 0 Å². The highest BCUT2D eigenvalue weighted by Crippen LogP contribution is 2.17. The summed E-state index contributed by atoms with van der Waals surface area (Å²) in [6.45, 7) is 2.01. The molecule has 0 saturated heterocycles. The van der Waals surface area contributed by atoms with Crippen LogP contribution >= 0.6 is 22.7 Å². The zero-order chi connectivity index (χ0) is 17.8. The predicted molar refractivity (Wildman–Crippen MR) is 105 cm³/mol. The van der Waals surface area contributed by atoms with E-state index in [9.17, 15) is 9.59 Å². The van der Waals surface area contributed by atoms with Gasteiger partial charge < -0.3 is 9.47 Å². The van der Waals surface area contributed by atoms with Crippen molar-refractivity contribution in [3.63, 3.8) is 0 Å². The molecule has 0 fully saturated rings. The summed E-state index contributed by atoms with van der Waals surface area (Å²) in [6.07, 6.45) is 2.92. The average Bonchev–Trinajstić information content (AvgIpc) is 3.31. The first-order valence-corrected chi connectivity index (χ1v) is 9.56. The molecule has 0 saturated carbocycles. The zero-order valence-electron chi connectivity index (χ0n) is 14.3. The molecule has 6 heteroatoms. The molecular weight excluding hydrogens is 356 g/mol. The third-order valence-corrected chi connectivity index (χ3v) is 5.27. The van der Waals surface area contributed by atoms with Crippen molar-refractivity contribution in [1.29, 1.82) is 0 Å². The van der Waals surface area contributed by atoms with Gasteiger partial charge >= 0.3 is 11.9 Å². The highest BCUT2D eigenvalue weighted by atomic mass is 32.1. The van der Waals surface area contributed by atoms with Crippen molar-refractivity contribution in [2.75, 3.05) is 14.2 Å². The van der Waals surface area contributed by atoms with Crippen LogP contribution in [0.1, 0.15) is 36.9 Å². The normalized spacial score (nSPS) is 10.7. The molecule has 0 aromatic carbocycles. The van der Waals surface area contributed by atoms with Crippen molar-refractivity contribution in [3.8, 4) is 0 Å². The fraction of sp³-hybridized carbons (Fsp3) is 0.474. The first-order valence-electron chi connectivity index (χ1n) is 7.80. The summed E-state index contributed by atoms with van der Waals surface area (Å²) in [5.41, 5.74) is 0. The molecule has 0 amide bonds. The number of carbonyl (C=O) groups excluding carboxylic acids is 2. The van der Waals surface area contributed by atoms with E-state index in [2.05, 4.69) is 10.8 Å². The summed E-state index contributed by atoms with van der Waals surface area (Å²) >= 11 is 3.35. The quantitative estimate of drug-likeness (QED) is 0.632. The predicted octanol–water partition coefficient (Wildman–Crippen LogP) is 4.98. The van der Waals surface area contributed by atoms with Gasteiger partial charge in [-0.05, 0) is 42.2 Å². The second-order valence-electron chi connectivity index (χ2n) is 5.07. The van der Waals surface area contributed by atoms with Crippen LogP contribution in [0.5, 0.6) is 0 Å². The molecule has 0 aliphatic heterocycles. The van der Waals surface area contributed by atoms with E-state index in [0.717, 1.165) is 19.3 Å². The van der Waals surface area contributed by atoms with Gasteiger partial charge in [-0.15, -0.1) is 22.7 Å². The number of esters is 2. The van der Waals surface area contributed by atoms with Crippen LogP contribution in [0.25, 0.3) is 0 Å². The Labute approximate surface area is 158 Å². The Bertz CT molecular complexity index is 577. The Balaban J connectivity index is 0.000000449. The molecule has 2 heterocycles. The summed E-state index contributed by atoms with van der Waals surface area (Å²) in [6, 6.07) is 8.06. The first-order chi connectivity index (χ1) is 11.6. The van der Waals surface area contributed by atoms with Crippen molar-refractivity contribution in [2.24, 2.45) is 5.92 Å². The smallest absolute Gasteiger partial charge is 0.309 e. The van der Waals surface area contributed by atoms with Gasteiger partial charge in [-0.1, -0.05) is 26.5 Å². The van der Waals surface area contributed by atoms with E-state index in [1.165, 1.54) is 24.0 Å². The maximum absolute atomic E-state index is 11.3. The topological polar surface area (TPSA) is 52.6 Å². The molecule has 0 aliphatic carbocycles. The van der Waals surface area contributed by atoms with E-state index in [1.54, 1.807) is 22.7 Å². The summed E-state index contributed by atoms with van der Waals surface area (Å²) < 4.78 is 9.23. The van der Waals surface area contributed by atoms with Gasteiger partial charge in [0.05, 0.1) is 26.6 Å². The SMILES string of the molecule is C.CCC(Cc1cccs1)C(=O)OC.COC(=O)CCc1cccs1. The fourth-order valence-electron chi connectivity index (χ4n) is 2.01. The Hall–Kier alpha value is -1.66. The van der Waals surface area contributed by atoms with E-state index in [1.807, 2.05) is 35.9 Å². The standard InChI is InChI=1S/C10H14O2S.C8H10O2S.CH4/c1-3-8(10(11)12-2)7-9-5-4-6-13-9;1-10-8(9)5-4-7-3-2-6-11-7;/h4-6,8H,3,7H2,1-2H3;2-3,6H,4-5H2,1H3;1H4. The Morgan fingerprint density at radius 1 is 1.04 bits per heavy atom. The number of aryl methyl sites for hydroxylation is 1. The molecule has 2 aromatic rings. The molecule has 0 aliphatic rings. The minimum Gasteiger partial charge on any atom is -0.469 e. The summed E-state index contributed by atoms with van der Waals surface area (Å²) in [4.78, 5) is 24.4. The molecule has 140 valence electrons. The molecule has 2 rings (SSSR count). The Morgan fingerprint density at radius 3 is 2.08 bits per heavy atom. The van der Waals surface area contributed by atoms with Crippen LogP contribution in [-0.4, -0.2) is 26.2 Å². The molecule has 1 unspecified atom stereocenters. The summed E-state index contributed by atoms with van der Waals surface area (Å²) in [7, 11) is 2.86. The summed E-state index contributed by atoms with van der Waals surface area (Å²) in [5.74, 6) is -0.224. The second kappa shape index (κ2) is 13.6. The minimum absolute atomic E-state index is 0. The van der Waals surface area contributed by atoms with Crippen LogP contribution in [0.15, 0.2) is 35.0 Å². The maximum Gasteiger partial charge on any atom is 0.309 e. The first kappa shape index (κ1) is 23.3. The molecule has 2 aromatic heterocycles. The molecule has 25 heavy (non-hydrogen) atoms. The Morgan fingerprint density at radius 2 is 1.64 bits per heavy atom. The molecular formula is C19H28O4S2. The van der Waals surface area contributed by atoms with E-state index in [-0.39, 0.29) is 25.3 Å². The number of carbonyl (C=O) groups is 2. The minimum atomic E-state index is -0.140. The van der Waals surface area contributed by atoms with Crippen LogP contribution in [0.2, 0.25) is 0 Å². The van der Waals surface area contributed by atoms with Crippen LogP contribution in [0, 0.1) is 5.92 Å². The van der Waals surface area contributed by atoms with Gasteiger partial charge in [0.15, 0.2) is 0 Å². The van der Waals surface area contributed by atoms with Crippen LogP contribution in [0.4, 0.5) is 0 Å². The lowest BCUT2D eigenvalue weighted by molar-refractivity contribution is -0.145. The maximum atomic E-state index is 11.3. The van der Waals surface area contributed by atoms with Crippen LogP contribution < -0.4 is 0 Å². The lowest BCUT2D eigenvalue weighted by atomic mass is 10.0. The van der Waals surface area contributed by atoms with E-state index in [4.69, 9.17) is 4.74 Å². The van der Waals surface area contributed by atoms with Gasteiger partial charge in [0.25, 0.3) is 0 Å². The fourth-order valence-corrected chi connectivity index (χ4v) is 3.51. The zero-order valence-corrected chi connectivity index (χ0v) is 16.0. The lowest BCUT2D eigenvalue weighted by Crippen LogP contribution is -2.17. The molecule has 0 bridgehead atoms. The van der Waals surface area contributed by atoms with Crippen molar-refractivity contribution >= 4 is 34.6 Å². The number of hydrogen-bond acceptors (Lipinski definition) is 6. The second-order valence-corrected chi connectivity index (χ2v) is 7.13. The highest BCUT2D eigenvalue weighted by molar-refractivity contribution is 7.10. The van der Waals surface area contributed by atoms with Gasteiger partial charge in [-0.25, -0.2) is 0 Å². The summed E-state index contributed by atoms with van der Waals surface area (Å²) in [5, 5.41) is 4.03. The average molecular weight is 385 g/mol. The molecule has 0 radical (unpaired) electrons. The molecule has 1 atom stereocenters. The number of hydrogen-bond donors (Lipinski definition) is 0. The highest BCUT2D eigenvalue weighted by Gasteiger charge is 2.17. The number of ether oxygens (including phenoxy) is 2. The molecule has 0 spiro atoms. The number of thiophene rings is 2. The third-order valence-electron chi connectivity index (χ3n) is 3.44. The van der Waals surface area contributed by atoms with Crippen molar-refractivity contribution in [3.05, 3.63) is 44.8 Å². The number of methoxy groups -OCH3 is 2. The van der Waals surface area contributed by atoms with Crippen molar-refractivity contribution < 1.29 is 19.1 Å². The van der Waals surface area contributed by atoms with Gasteiger partial charge in [0, 0.05) is 9.75 Å². The monoisotopic (exact) mass is 384 g/mol. The third kappa shape index (κ3) is 9.41. The van der Waals surface area contributed by atoms with E-state index < -0.39 is 0 Å². The molecule has 4 nitrogen and oxygen atoms in total. The number of rotatable bonds is 7. The van der Waals surface area contributed by atoms with Crippen LogP contribution in [-0.2, 0) is 31.9 Å². The largest absolute Gasteiger partial charge is 0.469 e. The van der Waals surface area contributed by atoms with Crippen molar-refractivity contribution in [2.45, 2.75) is 40.0 Å². The van der Waals surface area contributed by atoms with E-state index in [0.29, 0.717) is 6.42 Å².